The molecule has 7 nitrogen and oxygen atoms in total. The Balaban J connectivity index is 1.61. The van der Waals surface area contributed by atoms with E-state index in [0.29, 0.717) is 17.9 Å². The van der Waals surface area contributed by atoms with Crippen molar-refractivity contribution in [3.8, 4) is 17.1 Å². The maximum Gasteiger partial charge on any atom is 0.276 e. The molecule has 1 saturated heterocycles. The third-order valence-corrected chi connectivity index (χ3v) is 7.24. The summed E-state index contributed by atoms with van der Waals surface area (Å²) in [6, 6.07) is 16.3. The molecule has 31 heavy (non-hydrogen) atoms. The van der Waals surface area contributed by atoms with Crippen LogP contribution in [0.2, 0.25) is 0 Å². The highest BCUT2D eigenvalue weighted by Gasteiger charge is 2.36. The van der Waals surface area contributed by atoms with E-state index in [1.54, 1.807) is 18.1 Å². The number of aryl methyl sites for hydroxylation is 1. The van der Waals surface area contributed by atoms with Gasteiger partial charge in [0, 0.05) is 24.2 Å². The molecule has 162 valence electrons. The van der Waals surface area contributed by atoms with Gasteiger partial charge in [0.25, 0.3) is 5.91 Å². The Hall–Kier alpha value is -3.13. The Labute approximate surface area is 181 Å². The molecule has 1 aromatic heterocycles. The molecule has 8 heteroatoms. The number of hydrogen-bond donors (Lipinski definition) is 0. The Morgan fingerprint density at radius 3 is 2.48 bits per heavy atom. The first-order valence-electron chi connectivity index (χ1n) is 10.0. The zero-order valence-electron chi connectivity index (χ0n) is 17.4. The molecule has 1 fully saturated rings. The molecular weight excluding hydrogens is 416 g/mol. The second-order valence-corrected chi connectivity index (χ2v) is 10.0. The SMILES string of the molecule is COc1ccc(CN(C(=O)c2cc(-c3ccc(C)cc3)on2)C2CCS(=O)(=O)C2)cc1. The summed E-state index contributed by atoms with van der Waals surface area (Å²) in [5.74, 6) is 0.894. The lowest BCUT2D eigenvalue weighted by molar-refractivity contribution is 0.0670. The van der Waals surface area contributed by atoms with E-state index >= 15 is 0 Å². The van der Waals surface area contributed by atoms with Crippen molar-refractivity contribution in [1.29, 1.82) is 0 Å². The highest BCUT2D eigenvalue weighted by Crippen LogP contribution is 2.25. The van der Waals surface area contributed by atoms with Crippen molar-refractivity contribution >= 4 is 15.7 Å². The summed E-state index contributed by atoms with van der Waals surface area (Å²) in [4.78, 5) is 14.9. The van der Waals surface area contributed by atoms with Crippen molar-refractivity contribution in [2.45, 2.75) is 25.9 Å². The number of ether oxygens (including phenoxy) is 1. The molecule has 2 aromatic carbocycles. The number of carbonyl (C=O) groups excluding carboxylic acids is 1. The zero-order chi connectivity index (χ0) is 22.0. The lowest BCUT2D eigenvalue weighted by atomic mass is 10.1. The van der Waals surface area contributed by atoms with Crippen LogP contribution in [0.4, 0.5) is 0 Å². The molecule has 0 saturated carbocycles. The van der Waals surface area contributed by atoms with Gasteiger partial charge in [-0.25, -0.2) is 8.42 Å². The second kappa shape index (κ2) is 8.55. The Bertz CT molecular complexity index is 1170. The highest BCUT2D eigenvalue weighted by atomic mass is 32.2. The van der Waals surface area contributed by atoms with Gasteiger partial charge in [-0.2, -0.15) is 0 Å². The normalized spacial score (nSPS) is 17.4. The van der Waals surface area contributed by atoms with Crippen LogP contribution in [0.3, 0.4) is 0 Å². The van der Waals surface area contributed by atoms with Crippen LogP contribution in [0.15, 0.2) is 59.1 Å². The minimum atomic E-state index is -3.16. The fourth-order valence-corrected chi connectivity index (χ4v) is 5.42. The smallest absolute Gasteiger partial charge is 0.276 e. The molecule has 1 aliphatic rings. The van der Waals surface area contributed by atoms with E-state index in [-0.39, 0.29) is 29.7 Å². The van der Waals surface area contributed by atoms with E-state index in [1.807, 2.05) is 55.5 Å². The van der Waals surface area contributed by atoms with Crippen LogP contribution in [-0.4, -0.2) is 49.0 Å². The molecule has 0 N–H and O–H groups in total. The molecule has 0 bridgehead atoms. The van der Waals surface area contributed by atoms with Crippen LogP contribution < -0.4 is 4.74 Å². The summed E-state index contributed by atoms with van der Waals surface area (Å²) in [6.45, 7) is 2.27. The van der Waals surface area contributed by atoms with Crippen LogP contribution in [0.1, 0.15) is 28.0 Å². The fraction of sp³-hybridized carbons (Fsp3) is 0.304. The molecule has 4 rings (SSSR count). The molecule has 1 atom stereocenters. The summed E-state index contributed by atoms with van der Waals surface area (Å²) >= 11 is 0. The number of methoxy groups -OCH3 is 1. The Kier molecular flexibility index (Phi) is 5.82. The van der Waals surface area contributed by atoms with E-state index in [9.17, 15) is 13.2 Å². The molecule has 0 radical (unpaired) electrons. The third-order valence-electron chi connectivity index (χ3n) is 5.49. The number of rotatable bonds is 6. The van der Waals surface area contributed by atoms with Gasteiger partial charge in [-0.05, 0) is 31.0 Å². The monoisotopic (exact) mass is 440 g/mol. The van der Waals surface area contributed by atoms with Crippen LogP contribution in [0, 0.1) is 6.92 Å². The summed E-state index contributed by atoms with van der Waals surface area (Å²) in [5, 5.41) is 3.98. The Morgan fingerprint density at radius 2 is 1.87 bits per heavy atom. The molecule has 0 aliphatic carbocycles. The van der Waals surface area contributed by atoms with Crippen molar-refractivity contribution in [3.63, 3.8) is 0 Å². The van der Waals surface area contributed by atoms with E-state index in [2.05, 4.69) is 5.16 Å². The fourth-order valence-electron chi connectivity index (χ4n) is 3.69. The zero-order valence-corrected chi connectivity index (χ0v) is 18.3. The lowest BCUT2D eigenvalue weighted by Gasteiger charge is -2.27. The van der Waals surface area contributed by atoms with Crippen molar-refractivity contribution in [2.24, 2.45) is 0 Å². The average Bonchev–Trinajstić information content (AvgIpc) is 3.39. The summed E-state index contributed by atoms with van der Waals surface area (Å²) < 4.78 is 34.7. The van der Waals surface area contributed by atoms with Gasteiger partial charge in [0.1, 0.15) is 5.75 Å². The first-order valence-corrected chi connectivity index (χ1v) is 11.8. The molecule has 1 aliphatic heterocycles. The second-order valence-electron chi connectivity index (χ2n) is 7.78. The first kappa shape index (κ1) is 21.1. The lowest BCUT2D eigenvalue weighted by Crippen LogP contribution is -2.40. The number of hydrogen-bond acceptors (Lipinski definition) is 6. The number of benzene rings is 2. The van der Waals surface area contributed by atoms with E-state index < -0.39 is 15.9 Å². The van der Waals surface area contributed by atoms with Crippen LogP contribution in [0.25, 0.3) is 11.3 Å². The largest absolute Gasteiger partial charge is 0.497 e. The molecule has 2 heterocycles. The number of nitrogens with zero attached hydrogens (tertiary/aromatic N) is 2. The van der Waals surface area contributed by atoms with Crippen molar-refractivity contribution in [3.05, 3.63) is 71.4 Å². The molecule has 1 unspecified atom stereocenters. The van der Waals surface area contributed by atoms with Crippen molar-refractivity contribution in [1.82, 2.24) is 10.1 Å². The first-order chi connectivity index (χ1) is 14.8. The number of amides is 1. The minimum absolute atomic E-state index is 0.0441. The highest BCUT2D eigenvalue weighted by molar-refractivity contribution is 7.91. The summed E-state index contributed by atoms with van der Waals surface area (Å²) in [6.07, 6.45) is 0.410. The predicted octanol–water partition coefficient (Wildman–Crippen LogP) is 3.49. The van der Waals surface area contributed by atoms with E-state index in [4.69, 9.17) is 9.26 Å². The van der Waals surface area contributed by atoms with Gasteiger partial charge in [-0.15, -0.1) is 0 Å². The van der Waals surface area contributed by atoms with Crippen LogP contribution >= 0.6 is 0 Å². The quantitative estimate of drug-likeness (QED) is 0.583. The topological polar surface area (TPSA) is 89.7 Å². The van der Waals surface area contributed by atoms with Crippen molar-refractivity contribution < 1.29 is 22.5 Å². The number of carbonyl (C=O) groups is 1. The molecular formula is C23H24N2O5S. The van der Waals surface area contributed by atoms with Gasteiger partial charge in [-0.3, -0.25) is 4.79 Å². The van der Waals surface area contributed by atoms with Crippen LogP contribution in [-0.2, 0) is 16.4 Å². The summed E-state index contributed by atoms with van der Waals surface area (Å²) in [5.41, 5.74) is 2.98. The van der Waals surface area contributed by atoms with Gasteiger partial charge in [0.2, 0.25) is 0 Å². The number of aromatic nitrogens is 1. The molecule has 1 amide bonds. The van der Waals surface area contributed by atoms with E-state index in [0.717, 1.165) is 16.7 Å². The predicted molar refractivity (Wildman–Crippen MR) is 117 cm³/mol. The maximum absolute atomic E-state index is 13.4. The van der Waals surface area contributed by atoms with Gasteiger partial charge >= 0.3 is 0 Å². The average molecular weight is 441 g/mol. The standard InChI is InChI=1S/C23H24N2O5S/c1-16-3-7-18(8-4-16)22-13-21(24-30-22)23(26)25(19-11-12-31(27,28)15-19)14-17-5-9-20(29-2)10-6-17/h3-10,13,19H,11-12,14-15H2,1-2H3. The maximum atomic E-state index is 13.4. The minimum Gasteiger partial charge on any atom is -0.497 e. The van der Waals surface area contributed by atoms with E-state index in [1.165, 1.54) is 0 Å². The van der Waals surface area contributed by atoms with Gasteiger partial charge in [-0.1, -0.05) is 47.1 Å². The van der Waals surface area contributed by atoms with Gasteiger partial charge in [0.15, 0.2) is 21.3 Å². The van der Waals surface area contributed by atoms with Gasteiger partial charge in [0.05, 0.1) is 18.6 Å². The molecule has 0 spiro atoms. The van der Waals surface area contributed by atoms with Crippen molar-refractivity contribution in [2.75, 3.05) is 18.6 Å². The van der Waals surface area contributed by atoms with Gasteiger partial charge < -0.3 is 14.2 Å². The van der Waals surface area contributed by atoms with Crippen LogP contribution in [0.5, 0.6) is 5.75 Å². The number of sulfone groups is 1. The summed E-state index contributed by atoms with van der Waals surface area (Å²) in [7, 11) is -1.57. The molecule has 3 aromatic rings. The third kappa shape index (κ3) is 4.80. The Morgan fingerprint density at radius 1 is 1.16 bits per heavy atom.